The van der Waals surface area contributed by atoms with Crippen LogP contribution < -0.4 is 5.32 Å². The van der Waals surface area contributed by atoms with Gasteiger partial charge in [0.1, 0.15) is 0 Å². The first kappa shape index (κ1) is 18.0. The molecule has 136 valence electrons. The van der Waals surface area contributed by atoms with Gasteiger partial charge in [0.05, 0.1) is 0 Å². The molecule has 4 nitrogen and oxygen atoms in total. The van der Waals surface area contributed by atoms with E-state index in [1.165, 1.54) is 24.0 Å². The number of benzene rings is 1. The summed E-state index contributed by atoms with van der Waals surface area (Å²) in [7, 11) is 0. The molecular formula is C21H30N2O2. The Morgan fingerprint density at radius 2 is 1.76 bits per heavy atom. The fourth-order valence-corrected chi connectivity index (χ4v) is 4.07. The number of hydrogen-bond donors (Lipinski definition) is 1. The van der Waals surface area contributed by atoms with Crippen LogP contribution in [0.4, 0.5) is 0 Å². The number of nitrogens with zero attached hydrogens (tertiary/aromatic N) is 1. The number of nitrogens with one attached hydrogen (secondary N) is 1. The number of likely N-dealkylation sites (tertiary alicyclic amines) is 1. The first-order valence-corrected chi connectivity index (χ1v) is 9.76. The first-order chi connectivity index (χ1) is 12.1. The average molecular weight is 342 g/mol. The summed E-state index contributed by atoms with van der Waals surface area (Å²) in [5.41, 5.74) is 2.51. The minimum absolute atomic E-state index is 0.230. The highest BCUT2D eigenvalue weighted by molar-refractivity contribution is 5.79. The van der Waals surface area contributed by atoms with Crippen molar-refractivity contribution in [2.75, 3.05) is 13.1 Å². The zero-order valence-electron chi connectivity index (χ0n) is 15.3. The van der Waals surface area contributed by atoms with E-state index in [9.17, 15) is 9.59 Å². The van der Waals surface area contributed by atoms with Crippen LogP contribution in [0.25, 0.3) is 0 Å². The normalized spacial score (nSPS) is 19.2. The number of carbonyl (C=O) groups is 2. The largest absolute Gasteiger partial charge is 0.353 e. The van der Waals surface area contributed by atoms with Crippen LogP contribution in [0, 0.1) is 12.8 Å². The van der Waals surface area contributed by atoms with Crippen LogP contribution in [-0.4, -0.2) is 35.8 Å². The minimum atomic E-state index is 0.230. The van der Waals surface area contributed by atoms with Crippen LogP contribution in [0.2, 0.25) is 0 Å². The second-order valence-electron chi connectivity index (χ2n) is 7.57. The van der Waals surface area contributed by atoms with E-state index in [-0.39, 0.29) is 23.8 Å². The molecule has 0 bridgehead atoms. The molecule has 1 heterocycles. The topological polar surface area (TPSA) is 49.4 Å². The van der Waals surface area contributed by atoms with Crippen LogP contribution in [0.1, 0.15) is 56.1 Å². The predicted molar refractivity (Wildman–Crippen MR) is 99.2 cm³/mol. The lowest BCUT2D eigenvalue weighted by Gasteiger charge is -2.33. The Morgan fingerprint density at radius 3 is 2.44 bits per heavy atom. The van der Waals surface area contributed by atoms with Crippen LogP contribution in [0.15, 0.2) is 24.3 Å². The van der Waals surface area contributed by atoms with E-state index in [1.54, 1.807) is 0 Å². The summed E-state index contributed by atoms with van der Waals surface area (Å²) in [4.78, 5) is 26.7. The maximum absolute atomic E-state index is 12.5. The Hall–Kier alpha value is -1.84. The van der Waals surface area contributed by atoms with Crippen LogP contribution in [-0.2, 0) is 16.0 Å². The van der Waals surface area contributed by atoms with Gasteiger partial charge in [-0.25, -0.2) is 0 Å². The number of amides is 2. The monoisotopic (exact) mass is 342 g/mol. The standard InChI is InChI=1S/C21H30N2O2/c1-16-6-2-3-7-17(16)10-11-20(24)23-14-12-19(13-15-23)22-21(25)18-8-4-5-9-18/h2-3,6-7,18-19H,4-5,8-15H2,1H3,(H,22,25). The molecule has 0 unspecified atom stereocenters. The molecule has 2 fully saturated rings. The second-order valence-corrected chi connectivity index (χ2v) is 7.57. The first-order valence-electron chi connectivity index (χ1n) is 9.76. The van der Waals surface area contributed by atoms with Crippen molar-refractivity contribution in [1.82, 2.24) is 10.2 Å². The summed E-state index contributed by atoms with van der Waals surface area (Å²) in [5.74, 6) is 0.708. The second kappa shape index (κ2) is 8.50. The quantitative estimate of drug-likeness (QED) is 0.893. The average Bonchev–Trinajstić information content (AvgIpc) is 3.16. The predicted octanol–water partition coefficient (Wildman–Crippen LogP) is 3.23. The van der Waals surface area contributed by atoms with Gasteiger partial charge in [-0.05, 0) is 50.2 Å². The molecule has 1 saturated carbocycles. The van der Waals surface area contributed by atoms with E-state index in [0.29, 0.717) is 6.42 Å². The van der Waals surface area contributed by atoms with Crippen LogP contribution >= 0.6 is 0 Å². The van der Waals surface area contributed by atoms with Crippen LogP contribution in [0.5, 0.6) is 0 Å². The smallest absolute Gasteiger partial charge is 0.223 e. The van der Waals surface area contributed by atoms with E-state index < -0.39 is 0 Å². The number of piperidine rings is 1. The fourth-order valence-electron chi connectivity index (χ4n) is 4.07. The van der Waals surface area contributed by atoms with Crippen molar-refractivity contribution >= 4 is 11.8 Å². The summed E-state index contributed by atoms with van der Waals surface area (Å²) in [5, 5.41) is 3.21. The molecule has 0 aromatic heterocycles. The molecule has 4 heteroatoms. The van der Waals surface area contributed by atoms with E-state index in [4.69, 9.17) is 0 Å². The molecule has 0 atom stereocenters. The van der Waals surface area contributed by atoms with Gasteiger partial charge in [-0.3, -0.25) is 9.59 Å². The molecule has 25 heavy (non-hydrogen) atoms. The lowest BCUT2D eigenvalue weighted by Crippen LogP contribution is -2.47. The lowest BCUT2D eigenvalue weighted by molar-refractivity contribution is -0.132. The molecule has 2 aliphatic rings. The zero-order chi connectivity index (χ0) is 17.6. The maximum Gasteiger partial charge on any atom is 0.223 e. The number of aryl methyl sites for hydroxylation is 2. The minimum Gasteiger partial charge on any atom is -0.353 e. The molecule has 1 aromatic carbocycles. The van der Waals surface area contributed by atoms with E-state index in [2.05, 4.69) is 24.4 Å². The SMILES string of the molecule is Cc1ccccc1CCC(=O)N1CCC(NC(=O)C2CCCC2)CC1. The van der Waals surface area contributed by atoms with Crippen molar-refractivity contribution in [1.29, 1.82) is 0 Å². The molecule has 1 aliphatic heterocycles. The molecule has 2 amide bonds. The van der Waals surface area contributed by atoms with Crippen molar-refractivity contribution < 1.29 is 9.59 Å². The summed E-state index contributed by atoms with van der Waals surface area (Å²) >= 11 is 0. The van der Waals surface area contributed by atoms with E-state index >= 15 is 0 Å². The molecule has 1 aromatic rings. The van der Waals surface area contributed by atoms with Crippen molar-refractivity contribution in [2.24, 2.45) is 5.92 Å². The van der Waals surface area contributed by atoms with Crippen LogP contribution in [0.3, 0.4) is 0 Å². The molecular weight excluding hydrogens is 312 g/mol. The highest BCUT2D eigenvalue weighted by Gasteiger charge is 2.27. The van der Waals surface area contributed by atoms with Gasteiger partial charge in [0.15, 0.2) is 0 Å². The highest BCUT2D eigenvalue weighted by atomic mass is 16.2. The van der Waals surface area contributed by atoms with Gasteiger partial charge in [-0.2, -0.15) is 0 Å². The third-order valence-corrected chi connectivity index (χ3v) is 5.79. The Labute approximate surface area is 151 Å². The van der Waals surface area contributed by atoms with Gasteiger partial charge in [-0.15, -0.1) is 0 Å². The van der Waals surface area contributed by atoms with Gasteiger partial charge < -0.3 is 10.2 Å². The Kier molecular flexibility index (Phi) is 6.11. The third kappa shape index (κ3) is 4.83. The van der Waals surface area contributed by atoms with Crippen molar-refractivity contribution in [3.63, 3.8) is 0 Å². The lowest BCUT2D eigenvalue weighted by atomic mass is 10.0. The summed E-state index contributed by atoms with van der Waals surface area (Å²) < 4.78 is 0. The Morgan fingerprint density at radius 1 is 1.08 bits per heavy atom. The molecule has 3 rings (SSSR count). The number of hydrogen-bond acceptors (Lipinski definition) is 2. The maximum atomic E-state index is 12.5. The third-order valence-electron chi connectivity index (χ3n) is 5.79. The summed E-state index contributed by atoms with van der Waals surface area (Å²) in [6, 6.07) is 8.51. The molecule has 1 aliphatic carbocycles. The fraction of sp³-hybridized carbons (Fsp3) is 0.619. The molecule has 0 spiro atoms. The van der Waals surface area contributed by atoms with Gasteiger partial charge in [0.25, 0.3) is 0 Å². The summed E-state index contributed by atoms with van der Waals surface area (Å²) in [6.45, 7) is 3.63. The van der Waals surface area contributed by atoms with Crippen molar-refractivity contribution in [2.45, 2.75) is 64.3 Å². The van der Waals surface area contributed by atoms with Crippen molar-refractivity contribution in [3.05, 3.63) is 35.4 Å². The Bertz CT molecular complexity index is 600. The van der Waals surface area contributed by atoms with Gasteiger partial charge in [0, 0.05) is 31.5 Å². The van der Waals surface area contributed by atoms with Gasteiger partial charge in [-0.1, -0.05) is 37.1 Å². The van der Waals surface area contributed by atoms with Gasteiger partial charge in [0.2, 0.25) is 11.8 Å². The van der Waals surface area contributed by atoms with E-state index in [1.807, 2.05) is 17.0 Å². The summed E-state index contributed by atoms with van der Waals surface area (Å²) in [6.07, 6.45) is 7.61. The molecule has 0 radical (unpaired) electrons. The molecule has 1 saturated heterocycles. The number of carbonyl (C=O) groups excluding carboxylic acids is 2. The highest BCUT2D eigenvalue weighted by Crippen LogP contribution is 2.25. The molecule has 1 N–H and O–H groups in total. The Balaban J connectivity index is 1.40. The number of rotatable bonds is 5. The zero-order valence-corrected chi connectivity index (χ0v) is 15.3. The van der Waals surface area contributed by atoms with Crippen molar-refractivity contribution in [3.8, 4) is 0 Å². The van der Waals surface area contributed by atoms with Gasteiger partial charge >= 0.3 is 0 Å². The van der Waals surface area contributed by atoms with E-state index in [0.717, 1.165) is 45.2 Å².